The number of nitrogens with zero attached hydrogens (tertiary/aromatic N) is 4. The Balaban J connectivity index is 1.48. The van der Waals surface area contributed by atoms with Crippen LogP contribution < -0.4 is 20.9 Å². The van der Waals surface area contributed by atoms with Gasteiger partial charge in [0.25, 0.3) is 5.56 Å². The number of rotatable bonds is 14. The highest BCUT2D eigenvalue weighted by atomic mass is 31.2. The van der Waals surface area contributed by atoms with Gasteiger partial charge in [0.15, 0.2) is 6.23 Å². The first-order chi connectivity index (χ1) is 23.4. The number of carbonyl (C=O) groups excluding carboxylic acids is 1. The fourth-order valence-electron chi connectivity index (χ4n) is 5.29. The SMILES string of the molecule is CC(C)C[C@H](NP(=O)(OC[C@@]1(N=[N+]=[N-])O[C@@H](n2ccc(=O)[nH]c2=O)[C@H](O)[C@@H]1O)Oc1cccc2ccccc12)C(=O)OCc1ccccc1. The van der Waals surface area contributed by atoms with Crippen LogP contribution in [-0.4, -0.2) is 56.3 Å². The molecule has 49 heavy (non-hydrogen) atoms. The topological polar surface area (TPSA) is 227 Å². The molecule has 4 N–H and O–H groups in total. The first-order valence-electron chi connectivity index (χ1n) is 15.3. The van der Waals surface area contributed by atoms with Crippen LogP contribution in [0.5, 0.6) is 5.75 Å². The van der Waals surface area contributed by atoms with Crippen molar-refractivity contribution < 1.29 is 38.1 Å². The largest absolute Gasteiger partial charge is 0.460 e. The third kappa shape index (κ3) is 8.27. The number of esters is 1. The van der Waals surface area contributed by atoms with E-state index in [0.717, 1.165) is 27.8 Å². The number of aliphatic hydroxyl groups is 2. The number of aliphatic hydroxyl groups excluding tert-OH is 2. The minimum Gasteiger partial charge on any atom is -0.460 e. The molecule has 1 aromatic heterocycles. The molecule has 0 spiro atoms. The maximum Gasteiger partial charge on any atom is 0.459 e. The van der Waals surface area contributed by atoms with Gasteiger partial charge >= 0.3 is 19.4 Å². The van der Waals surface area contributed by atoms with Crippen molar-refractivity contribution in [3.8, 4) is 5.75 Å². The number of azide groups is 1. The van der Waals surface area contributed by atoms with E-state index in [-0.39, 0.29) is 24.7 Å². The van der Waals surface area contributed by atoms with Gasteiger partial charge in [-0.1, -0.05) is 85.7 Å². The number of hydrogen-bond acceptors (Lipinski definition) is 11. The lowest BCUT2D eigenvalue weighted by molar-refractivity contribution is -0.147. The van der Waals surface area contributed by atoms with E-state index in [9.17, 15) is 34.7 Å². The summed E-state index contributed by atoms with van der Waals surface area (Å²) in [4.78, 5) is 42.2. The molecule has 1 unspecified atom stereocenters. The van der Waals surface area contributed by atoms with Gasteiger partial charge in [0.05, 0.1) is 6.61 Å². The number of H-pyrrole nitrogens is 1. The second-order valence-corrected chi connectivity index (χ2v) is 13.4. The molecule has 17 heteroatoms. The molecule has 5 rings (SSSR count). The van der Waals surface area contributed by atoms with Crippen LogP contribution in [0, 0.1) is 5.92 Å². The average molecular weight is 695 g/mol. The zero-order chi connectivity index (χ0) is 35.2. The molecule has 2 heterocycles. The summed E-state index contributed by atoms with van der Waals surface area (Å²) in [5, 5.41) is 29.5. The van der Waals surface area contributed by atoms with Crippen LogP contribution in [0.15, 0.2) is 99.8 Å². The molecule has 6 atom stereocenters. The third-order valence-electron chi connectivity index (χ3n) is 7.68. The Morgan fingerprint density at radius 2 is 1.82 bits per heavy atom. The van der Waals surface area contributed by atoms with Gasteiger partial charge in [0, 0.05) is 22.6 Å². The molecular formula is C32H35N6O10P. The van der Waals surface area contributed by atoms with Crippen molar-refractivity contribution in [3.63, 3.8) is 0 Å². The van der Waals surface area contributed by atoms with Gasteiger partial charge in [-0.3, -0.25) is 23.7 Å². The van der Waals surface area contributed by atoms with E-state index in [1.807, 2.05) is 37.0 Å². The predicted octanol–water partition coefficient (Wildman–Crippen LogP) is 3.90. The Bertz CT molecular complexity index is 1990. The zero-order valence-electron chi connectivity index (χ0n) is 26.5. The van der Waals surface area contributed by atoms with Gasteiger partial charge in [0.2, 0.25) is 5.72 Å². The molecule has 1 fully saturated rings. The van der Waals surface area contributed by atoms with E-state index in [1.54, 1.807) is 48.5 Å². The number of benzene rings is 3. The summed E-state index contributed by atoms with van der Waals surface area (Å²) in [6.45, 7) is 2.63. The fraction of sp³-hybridized carbons (Fsp3) is 0.344. The highest BCUT2D eigenvalue weighted by molar-refractivity contribution is 7.52. The van der Waals surface area contributed by atoms with Crippen molar-refractivity contribution in [2.45, 2.75) is 57.1 Å². The molecule has 0 amide bonds. The quantitative estimate of drug-likeness (QED) is 0.0487. The number of ether oxygens (including phenoxy) is 2. The lowest BCUT2D eigenvalue weighted by Gasteiger charge is -2.30. The molecular weight excluding hydrogens is 659 g/mol. The summed E-state index contributed by atoms with van der Waals surface area (Å²) in [6, 6.07) is 20.8. The van der Waals surface area contributed by atoms with E-state index < -0.39 is 61.8 Å². The molecule has 4 aromatic rings. The summed E-state index contributed by atoms with van der Waals surface area (Å²) in [5.41, 5.74) is 5.98. The molecule has 16 nitrogen and oxygen atoms in total. The highest BCUT2D eigenvalue weighted by Crippen LogP contribution is 2.49. The lowest BCUT2D eigenvalue weighted by Crippen LogP contribution is -2.46. The average Bonchev–Trinajstić information content (AvgIpc) is 3.32. The lowest BCUT2D eigenvalue weighted by atomic mass is 10.1. The number of aromatic nitrogens is 2. The molecule has 1 saturated heterocycles. The number of carbonyl (C=O) groups is 1. The van der Waals surface area contributed by atoms with Crippen molar-refractivity contribution in [1.82, 2.24) is 14.6 Å². The van der Waals surface area contributed by atoms with Crippen LogP contribution in [0.4, 0.5) is 0 Å². The van der Waals surface area contributed by atoms with E-state index in [2.05, 4.69) is 15.1 Å². The standard InChI is InChI=1S/C32H35N6O10P/c1-20(2)17-24(30(42)45-18-21-9-4-3-5-10-21)35-49(44,48-25-14-8-12-22-11-6-7-13-23(22)25)46-19-32(36-37-33)28(41)27(40)29(47-32)38-16-15-26(39)34-31(38)43/h3-16,20,24,27-29,40-41H,17-19H2,1-2H3,(H,35,44)(H,34,39,43)/t24-,27+,28-,29+,32+,49?/m0/s1. The molecule has 1 aliphatic heterocycles. The van der Waals surface area contributed by atoms with Crippen LogP contribution in [0.1, 0.15) is 32.1 Å². The van der Waals surface area contributed by atoms with E-state index in [1.165, 1.54) is 6.07 Å². The fourth-order valence-corrected chi connectivity index (χ4v) is 6.84. The molecule has 1 aliphatic rings. The smallest absolute Gasteiger partial charge is 0.459 e. The number of aromatic amines is 1. The Morgan fingerprint density at radius 1 is 1.10 bits per heavy atom. The Kier molecular flexibility index (Phi) is 11.0. The minimum absolute atomic E-state index is 0.0608. The van der Waals surface area contributed by atoms with Crippen LogP contribution >= 0.6 is 7.75 Å². The highest BCUT2D eigenvalue weighted by Gasteiger charge is 2.56. The monoisotopic (exact) mass is 694 g/mol. The molecule has 0 aliphatic carbocycles. The second kappa shape index (κ2) is 15.2. The summed E-state index contributed by atoms with van der Waals surface area (Å²) in [6.07, 6.45) is -4.42. The summed E-state index contributed by atoms with van der Waals surface area (Å²) >= 11 is 0. The van der Waals surface area contributed by atoms with Crippen molar-refractivity contribution in [2.75, 3.05) is 6.61 Å². The molecule has 0 saturated carbocycles. The maximum atomic E-state index is 14.7. The minimum atomic E-state index is -4.70. The molecule has 0 radical (unpaired) electrons. The van der Waals surface area contributed by atoms with Gasteiger partial charge in [-0.15, -0.1) is 0 Å². The van der Waals surface area contributed by atoms with E-state index in [4.69, 9.17) is 18.5 Å². The van der Waals surface area contributed by atoms with Crippen molar-refractivity contribution >= 4 is 24.5 Å². The zero-order valence-corrected chi connectivity index (χ0v) is 27.4. The van der Waals surface area contributed by atoms with Gasteiger partial charge in [-0.2, -0.15) is 5.09 Å². The molecule has 258 valence electrons. The van der Waals surface area contributed by atoms with E-state index >= 15 is 0 Å². The molecule has 3 aromatic carbocycles. The van der Waals surface area contributed by atoms with Crippen LogP contribution in [0.25, 0.3) is 21.2 Å². The normalized spacial score (nSPS) is 22.3. The summed E-state index contributed by atoms with van der Waals surface area (Å²) in [5.74, 6) is -0.745. The summed E-state index contributed by atoms with van der Waals surface area (Å²) in [7, 11) is -4.70. The predicted molar refractivity (Wildman–Crippen MR) is 176 cm³/mol. The maximum absolute atomic E-state index is 14.7. The molecule has 0 bridgehead atoms. The van der Waals surface area contributed by atoms with Crippen LogP contribution in [0.3, 0.4) is 0 Å². The number of fused-ring (bicyclic) bond motifs is 1. The van der Waals surface area contributed by atoms with Gasteiger partial charge in [0.1, 0.15) is 30.6 Å². The van der Waals surface area contributed by atoms with Crippen molar-refractivity contribution in [1.29, 1.82) is 0 Å². The Hall–Kier alpha value is -4.79. The van der Waals surface area contributed by atoms with Crippen molar-refractivity contribution in [3.05, 3.63) is 122 Å². The number of hydrogen-bond donors (Lipinski definition) is 4. The Labute approximate surface area is 279 Å². The van der Waals surface area contributed by atoms with Crippen molar-refractivity contribution in [2.24, 2.45) is 11.0 Å². The van der Waals surface area contributed by atoms with E-state index in [0.29, 0.717) is 5.39 Å². The van der Waals surface area contributed by atoms with Gasteiger partial charge < -0.3 is 24.2 Å². The second-order valence-electron chi connectivity index (χ2n) is 11.7. The first kappa shape index (κ1) is 35.5. The first-order valence-corrected chi connectivity index (χ1v) is 16.8. The van der Waals surface area contributed by atoms with Gasteiger partial charge in [-0.05, 0) is 34.9 Å². The third-order valence-corrected chi connectivity index (χ3v) is 9.21. The van der Waals surface area contributed by atoms with Crippen LogP contribution in [-0.2, 0) is 30.0 Å². The number of nitrogens with one attached hydrogen (secondary N) is 2. The Morgan fingerprint density at radius 3 is 2.53 bits per heavy atom. The van der Waals surface area contributed by atoms with Gasteiger partial charge in [-0.25, -0.2) is 9.36 Å². The van der Waals surface area contributed by atoms with Crippen LogP contribution in [0.2, 0.25) is 0 Å². The summed E-state index contributed by atoms with van der Waals surface area (Å²) < 4.78 is 38.6.